The first-order valence-corrected chi connectivity index (χ1v) is 9.66. The lowest BCUT2D eigenvalue weighted by atomic mass is 9.96. The summed E-state index contributed by atoms with van der Waals surface area (Å²) >= 11 is 0. The lowest BCUT2D eigenvalue weighted by molar-refractivity contribution is 0.0703. The summed E-state index contributed by atoms with van der Waals surface area (Å²) in [6, 6.07) is 16.7. The number of nitrogens with zero attached hydrogens (tertiary/aromatic N) is 3. The number of piperidine rings is 1. The van der Waals surface area contributed by atoms with Crippen molar-refractivity contribution in [2.24, 2.45) is 0 Å². The molecule has 0 N–H and O–H groups in total. The van der Waals surface area contributed by atoms with E-state index in [-0.39, 0.29) is 18.4 Å². The number of aromatic nitrogens is 2. The van der Waals surface area contributed by atoms with Crippen LogP contribution in [0.3, 0.4) is 0 Å². The molecule has 1 aliphatic rings. The number of para-hydroxylation sites is 1. The van der Waals surface area contributed by atoms with Crippen LogP contribution >= 0.6 is 0 Å². The highest BCUT2D eigenvalue weighted by molar-refractivity contribution is 5.94. The topological polar surface area (TPSA) is 77.7 Å². The second-order valence-electron chi connectivity index (χ2n) is 6.97. The van der Waals surface area contributed by atoms with Gasteiger partial charge in [-0.3, -0.25) is 4.79 Å². The summed E-state index contributed by atoms with van der Waals surface area (Å²) in [5, 5.41) is 4.12. The van der Waals surface area contributed by atoms with E-state index in [0.29, 0.717) is 36.1 Å². The van der Waals surface area contributed by atoms with Crippen LogP contribution in [-0.4, -0.2) is 41.1 Å². The fourth-order valence-electron chi connectivity index (χ4n) is 3.47. The summed E-state index contributed by atoms with van der Waals surface area (Å²) < 4.78 is 16.2. The van der Waals surface area contributed by atoms with Gasteiger partial charge in [-0.25, -0.2) is 0 Å². The van der Waals surface area contributed by atoms with Crippen LogP contribution in [0.2, 0.25) is 0 Å². The van der Waals surface area contributed by atoms with Gasteiger partial charge in [0.05, 0.1) is 7.11 Å². The van der Waals surface area contributed by atoms with Crippen molar-refractivity contribution in [3.05, 3.63) is 71.9 Å². The van der Waals surface area contributed by atoms with Crippen molar-refractivity contribution in [3.63, 3.8) is 0 Å². The van der Waals surface area contributed by atoms with E-state index < -0.39 is 0 Å². The van der Waals surface area contributed by atoms with Crippen molar-refractivity contribution >= 4 is 5.91 Å². The first kappa shape index (κ1) is 19.0. The van der Waals surface area contributed by atoms with Gasteiger partial charge >= 0.3 is 0 Å². The van der Waals surface area contributed by atoms with Crippen LogP contribution in [0.15, 0.2) is 59.1 Å². The molecule has 7 nitrogen and oxygen atoms in total. The Hall–Kier alpha value is -3.35. The average molecular weight is 393 g/mol. The highest BCUT2D eigenvalue weighted by atomic mass is 16.5. The van der Waals surface area contributed by atoms with Gasteiger partial charge < -0.3 is 18.9 Å². The number of amides is 1. The summed E-state index contributed by atoms with van der Waals surface area (Å²) in [7, 11) is 1.59. The van der Waals surface area contributed by atoms with Gasteiger partial charge in [-0.05, 0) is 43.2 Å². The Bertz CT molecular complexity index is 957. The largest absolute Gasteiger partial charge is 0.497 e. The number of benzene rings is 2. The Balaban J connectivity index is 1.39. The zero-order chi connectivity index (χ0) is 20.1. The Morgan fingerprint density at radius 2 is 2.00 bits per heavy atom. The van der Waals surface area contributed by atoms with Crippen molar-refractivity contribution in [2.45, 2.75) is 25.4 Å². The molecular weight excluding hydrogens is 370 g/mol. The monoisotopic (exact) mass is 393 g/mol. The molecule has 1 saturated heterocycles. The number of carbonyl (C=O) groups is 1. The molecule has 1 fully saturated rings. The highest BCUT2D eigenvalue weighted by Crippen LogP contribution is 2.26. The Kier molecular flexibility index (Phi) is 5.74. The van der Waals surface area contributed by atoms with E-state index in [1.165, 1.54) is 0 Å². The maximum absolute atomic E-state index is 12.9. The Morgan fingerprint density at radius 1 is 1.17 bits per heavy atom. The minimum atomic E-state index is -0.00951. The van der Waals surface area contributed by atoms with E-state index in [4.69, 9.17) is 14.0 Å². The standard InChI is InChI=1S/C22H23N3O4/c1-27-19-11-5-7-16(13-19)22(26)25-12-6-8-17(14-25)21-23-20(29-24-21)15-28-18-9-3-2-4-10-18/h2-5,7,9-11,13,17H,6,8,12,14-15H2,1H3. The van der Waals surface area contributed by atoms with E-state index in [9.17, 15) is 4.79 Å². The normalized spacial score (nSPS) is 16.4. The number of carbonyl (C=O) groups excluding carboxylic acids is 1. The van der Waals surface area contributed by atoms with Crippen molar-refractivity contribution in [2.75, 3.05) is 20.2 Å². The van der Waals surface area contributed by atoms with E-state index in [2.05, 4.69) is 10.1 Å². The number of hydrogen-bond acceptors (Lipinski definition) is 6. The van der Waals surface area contributed by atoms with Gasteiger partial charge in [0.25, 0.3) is 11.8 Å². The van der Waals surface area contributed by atoms with E-state index in [1.807, 2.05) is 53.4 Å². The zero-order valence-corrected chi connectivity index (χ0v) is 16.3. The predicted octanol–water partition coefficient (Wildman–Crippen LogP) is 3.68. The molecule has 0 radical (unpaired) electrons. The third kappa shape index (κ3) is 4.56. The number of methoxy groups -OCH3 is 1. The fourth-order valence-corrected chi connectivity index (χ4v) is 3.47. The second kappa shape index (κ2) is 8.77. The first-order chi connectivity index (χ1) is 14.2. The highest BCUT2D eigenvalue weighted by Gasteiger charge is 2.28. The zero-order valence-electron chi connectivity index (χ0n) is 16.3. The molecule has 1 aliphatic heterocycles. The Morgan fingerprint density at radius 3 is 2.83 bits per heavy atom. The third-order valence-corrected chi connectivity index (χ3v) is 4.98. The molecule has 29 heavy (non-hydrogen) atoms. The maximum Gasteiger partial charge on any atom is 0.264 e. The third-order valence-electron chi connectivity index (χ3n) is 4.98. The van der Waals surface area contributed by atoms with Gasteiger partial charge in [-0.1, -0.05) is 29.4 Å². The van der Waals surface area contributed by atoms with Crippen molar-refractivity contribution < 1.29 is 18.8 Å². The number of hydrogen-bond donors (Lipinski definition) is 0. The summed E-state index contributed by atoms with van der Waals surface area (Å²) in [5.74, 6) is 2.52. The van der Waals surface area contributed by atoms with Gasteiger partial charge in [-0.2, -0.15) is 4.98 Å². The van der Waals surface area contributed by atoms with Crippen LogP contribution in [0.1, 0.15) is 40.8 Å². The lowest BCUT2D eigenvalue weighted by Gasteiger charge is -2.31. The molecule has 0 aliphatic carbocycles. The molecule has 1 unspecified atom stereocenters. The van der Waals surface area contributed by atoms with Gasteiger partial charge in [0, 0.05) is 24.6 Å². The maximum atomic E-state index is 12.9. The quantitative estimate of drug-likeness (QED) is 0.636. The number of ether oxygens (including phenoxy) is 2. The molecule has 2 heterocycles. The molecule has 0 saturated carbocycles. The van der Waals surface area contributed by atoms with E-state index in [0.717, 1.165) is 18.6 Å². The SMILES string of the molecule is COc1cccc(C(=O)N2CCCC(c3noc(COc4ccccc4)n3)C2)c1. The molecule has 0 spiro atoms. The van der Waals surface area contributed by atoms with Crippen LogP contribution in [0, 0.1) is 0 Å². The molecular formula is C22H23N3O4. The van der Waals surface area contributed by atoms with Crippen LogP contribution in [0.5, 0.6) is 11.5 Å². The van der Waals surface area contributed by atoms with E-state index in [1.54, 1.807) is 13.2 Å². The molecule has 2 aromatic carbocycles. The van der Waals surface area contributed by atoms with Gasteiger partial charge in [0.1, 0.15) is 11.5 Å². The average Bonchev–Trinajstić information content (AvgIpc) is 3.27. The first-order valence-electron chi connectivity index (χ1n) is 9.66. The van der Waals surface area contributed by atoms with Crippen LogP contribution in [0.25, 0.3) is 0 Å². The molecule has 150 valence electrons. The van der Waals surface area contributed by atoms with Gasteiger partial charge in [0.2, 0.25) is 0 Å². The van der Waals surface area contributed by atoms with Crippen molar-refractivity contribution in [1.82, 2.24) is 15.0 Å². The van der Waals surface area contributed by atoms with Gasteiger partial charge in [-0.15, -0.1) is 0 Å². The lowest BCUT2D eigenvalue weighted by Crippen LogP contribution is -2.39. The summed E-state index contributed by atoms with van der Waals surface area (Å²) in [4.78, 5) is 19.2. The fraction of sp³-hybridized carbons (Fsp3) is 0.318. The Labute approximate surface area is 169 Å². The summed E-state index contributed by atoms with van der Waals surface area (Å²) in [6.07, 6.45) is 1.81. The molecule has 1 atom stereocenters. The molecule has 4 rings (SSSR count). The molecule has 7 heteroatoms. The molecule has 1 amide bonds. The second-order valence-corrected chi connectivity index (χ2v) is 6.97. The van der Waals surface area contributed by atoms with Crippen molar-refractivity contribution in [1.29, 1.82) is 0 Å². The van der Waals surface area contributed by atoms with E-state index >= 15 is 0 Å². The molecule has 3 aromatic rings. The number of likely N-dealkylation sites (tertiary alicyclic amines) is 1. The van der Waals surface area contributed by atoms with Crippen LogP contribution < -0.4 is 9.47 Å². The smallest absolute Gasteiger partial charge is 0.264 e. The van der Waals surface area contributed by atoms with Gasteiger partial charge in [0.15, 0.2) is 12.4 Å². The molecule has 0 bridgehead atoms. The summed E-state index contributed by atoms with van der Waals surface area (Å²) in [5.41, 5.74) is 0.620. The predicted molar refractivity (Wildman–Crippen MR) is 106 cm³/mol. The minimum absolute atomic E-state index is 0.00951. The van der Waals surface area contributed by atoms with Crippen LogP contribution in [-0.2, 0) is 6.61 Å². The minimum Gasteiger partial charge on any atom is -0.497 e. The number of rotatable bonds is 6. The molecule has 1 aromatic heterocycles. The van der Waals surface area contributed by atoms with Crippen LogP contribution in [0.4, 0.5) is 0 Å². The van der Waals surface area contributed by atoms with Crippen molar-refractivity contribution in [3.8, 4) is 11.5 Å². The summed E-state index contributed by atoms with van der Waals surface area (Å²) in [6.45, 7) is 1.50.